The summed E-state index contributed by atoms with van der Waals surface area (Å²) in [6, 6.07) is 6.27. The van der Waals surface area contributed by atoms with Crippen molar-refractivity contribution in [2.75, 3.05) is 0 Å². The summed E-state index contributed by atoms with van der Waals surface area (Å²) in [4.78, 5) is 4.22. The summed E-state index contributed by atoms with van der Waals surface area (Å²) in [5, 5.41) is 1.22. The lowest BCUT2D eigenvalue weighted by Gasteiger charge is -1.99. The number of aromatic nitrogens is 3. The Hall–Kier alpha value is -0.910. The van der Waals surface area contributed by atoms with Crippen LogP contribution in [0.2, 0.25) is 0 Å². The van der Waals surface area contributed by atoms with E-state index in [1.165, 1.54) is 10.1 Å². The van der Waals surface area contributed by atoms with E-state index in [2.05, 4.69) is 42.0 Å². The van der Waals surface area contributed by atoms with E-state index in [-0.39, 0.29) is 12.4 Å². The zero-order valence-electron chi connectivity index (χ0n) is 9.63. The number of imidazole rings is 1. The average molecular weight is 345 g/mol. The monoisotopic (exact) mass is 343 g/mol. The topological polar surface area (TPSA) is 30.7 Å². The van der Waals surface area contributed by atoms with Gasteiger partial charge in [-0.25, -0.2) is 4.98 Å². The first-order valence-electron chi connectivity index (χ1n) is 5.24. The fourth-order valence-corrected chi connectivity index (χ4v) is 2.94. The van der Waals surface area contributed by atoms with Gasteiger partial charge in [-0.05, 0) is 36.7 Å². The first kappa shape index (κ1) is 13.5. The van der Waals surface area contributed by atoms with E-state index in [0.29, 0.717) is 0 Å². The molecule has 6 heteroatoms. The van der Waals surface area contributed by atoms with Crippen molar-refractivity contribution < 1.29 is 0 Å². The lowest BCUT2D eigenvalue weighted by molar-refractivity contribution is 0.787. The van der Waals surface area contributed by atoms with Crippen LogP contribution in [0.1, 0.15) is 11.4 Å². The second kappa shape index (κ2) is 5.38. The van der Waals surface area contributed by atoms with Crippen molar-refractivity contribution in [1.82, 2.24) is 13.9 Å². The molecule has 0 fully saturated rings. The summed E-state index contributed by atoms with van der Waals surface area (Å²) in [6.07, 6.45) is 3.88. The quantitative estimate of drug-likeness (QED) is 0.702. The molecule has 0 saturated carbocycles. The summed E-state index contributed by atoms with van der Waals surface area (Å²) < 4.78 is 8.89. The maximum absolute atomic E-state index is 4.51. The van der Waals surface area contributed by atoms with Crippen molar-refractivity contribution in [3.05, 3.63) is 46.6 Å². The Morgan fingerprint density at radius 2 is 2.22 bits per heavy atom. The molecule has 2 heterocycles. The van der Waals surface area contributed by atoms with Crippen LogP contribution in [0.15, 0.2) is 35.2 Å². The van der Waals surface area contributed by atoms with Gasteiger partial charge in [-0.1, -0.05) is 15.9 Å². The summed E-state index contributed by atoms with van der Waals surface area (Å²) in [6.45, 7) is 2.77. The highest BCUT2D eigenvalue weighted by Crippen LogP contribution is 2.26. The Balaban J connectivity index is 0.00000120. The highest BCUT2D eigenvalue weighted by molar-refractivity contribution is 9.10. The molecule has 0 N–H and O–H groups in total. The van der Waals surface area contributed by atoms with Crippen LogP contribution in [0, 0.1) is 6.92 Å². The molecule has 2 aromatic heterocycles. The van der Waals surface area contributed by atoms with Gasteiger partial charge in [0.1, 0.15) is 0 Å². The molecule has 0 radical (unpaired) electrons. The van der Waals surface area contributed by atoms with Crippen LogP contribution < -0.4 is 0 Å². The highest BCUT2D eigenvalue weighted by Gasteiger charge is 2.07. The van der Waals surface area contributed by atoms with Gasteiger partial charge in [0.05, 0.1) is 29.0 Å². The minimum Gasteiger partial charge on any atom is -0.331 e. The molecule has 3 aromatic rings. The average Bonchev–Trinajstić information content (AvgIpc) is 2.87. The Morgan fingerprint density at radius 3 is 2.94 bits per heavy atom. The maximum Gasteiger partial charge on any atom is 0.0952 e. The van der Waals surface area contributed by atoms with Gasteiger partial charge in [-0.15, -0.1) is 12.4 Å². The molecule has 0 aliphatic heterocycles. The summed E-state index contributed by atoms with van der Waals surface area (Å²) in [5.41, 5.74) is 2.13. The molecule has 0 saturated heterocycles. The van der Waals surface area contributed by atoms with Gasteiger partial charge in [-0.2, -0.15) is 4.37 Å². The summed E-state index contributed by atoms with van der Waals surface area (Å²) in [7, 11) is 0. The number of nitrogens with zero attached hydrogens (tertiary/aromatic N) is 3. The second-order valence-corrected chi connectivity index (χ2v) is 5.68. The number of hydrogen-bond donors (Lipinski definition) is 0. The van der Waals surface area contributed by atoms with Crippen LogP contribution in [-0.4, -0.2) is 13.9 Å². The fraction of sp³-hybridized carbons (Fsp3) is 0.167. The first-order chi connectivity index (χ1) is 8.22. The molecule has 0 spiro atoms. The largest absolute Gasteiger partial charge is 0.331 e. The van der Waals surface area contributed by atoms with Crippen molar-refractivity contribution in [3.8, 4) is 0 Å². The Bertz CT molecular complexity index is 677. The zero-order valence-corrected chi connectivity index (χ0v) is 12.8. The zero-order chi connectivity index (χ0) is 11.8. The second-order valence-electron chi connectivity index (χ2n) is 3.96. The lowest BCUT2D eigenvalue weighted by Crippen LogP contribution is -1.96. The van der Waals surface area contributed by atoms with E-state index < -0.39 is 0 Å². The number of hydrogen-bond acceptors (Lipinski definition) is 3. The minimum atomic E-state index is 0. The molecule has 18 heavy (non-hydrogen) atoms. The van der Waals surface area contributed by atoms with Crippen LogP contribution in [0.5, 0.6) is 0 Å². The first-order valence-corrected chi connectivity index (χ1v) is 6.81. The van der Waals surface area contributed by atoms with Gasteiger partial charge in [0.25, 0.3) is 0 Å². The van der Waals surface area contributed by atoms with E-state index in [1.54, 1.807) is 11.5 Å². The third-order valence-corrected chi connectivity index (χ3v) is 3.96. The lowest BCUT2D eigenvalue weighted by atomic mass is 10.2. The third kappa shape index (κ3) is 2.58. The van der Waals surface area contributed by atoms with Crippen molar-refractivity contribution in [2.24, 2.45) is 0 Å². The van der Waals surface area contributed by atoms with Crippen LogP contribution in [0.25, 0.3) is 10.1 Å². The molecule has 0 aliphatic carbocycles. The van der Waals surface area contributed by atoms with Crippen molar-refractivity contribution in [3.63, 3.8) is 0 Å². The maximum atomic E-state index is 4.51. The van der Waals surface area contributed by atoms with Crippen molar-refractivity contribution in [1.29, 1.82) is 0 Å². The van der Waals surface area contributed by atoms with Crippen LogP contribution in [-0.2, 0) is 6.54 Å². The Kier molecular flexibility index (Phi) is 4.04. The normalized spacial score (nSPS) is 10.6. The third-order valence-electron chi connectivity index (χ3n) is 2.60. The number of fused-ring (bicyclic) bond motifs is 1. The molecular formula is C12H11BrClN3S. The van der Waals surface area contributed by atoms with E-state index >= 15 is 0 Å². The van der Waals surface area contributed by atoms with Gasteiger partial charge in [-0.3, -0.25) is 0 Å². The number of halogens is 2. The van der Waals surface area contributed by atoms with Gasteiger partial charge >= 0.3 is 0 Å². The number of benzene rings is 1. The van der Waals surface area contributed by atoms with Crippen molar-refractivity contribution >= 4 is 50.0 Å². The predicted molar refractivity (Wildman–Crippen MR) is 80.6 cm³/mol. The molecule has 0 atom stereocenters. The molecule has 3 nitrogen and oxygen atoms in total. The van der Waals surface area contributed by atoms with Gasteiger partial charge in [0.15, 0.2) is 0 Å². The van der Waals surface area contributed by atoms with Gasteiger partial charge < -0.3 is 4.57 Å². The van der Waals surface area contributed by atoms with E-state index in [0.717, 1.165) is 22.4 Å². The molecule has 3 rings (SSSR count). The number of rotatable bonds is 2. The highest BCUT2D eigenvalue weighted by atomic mass is 79.9. The van der Waals surface area contributed by atoms with Gasteiger partial charge in [0.2, 0.25) is 0 Å². The Labute approximate surface area is 124 Å². The molecule has 0 bridgehead atoms. The molecule has 0 aliphatic rings. The molecule has 0 unspecified atom stereocenters. The standard InChI is InChI=1S/C12H10BrN3S.ClH/c1-8-5-16(7-14-8)6-11-10-4-9(13)2-3-12(10)17-15-11;/h2-5,7H,6H2,1H3;1H. The summed E-state index contributed by atoms with van der Waals surface area (Å²) in [5.74, 6) is 0. The van der Waals surface area contributed by atoms with Crippen LogP contribution in [0.3, 0.4) is 0 Å². The number of aryl methyl sites for hydroxylation is 1. The van der Waals surface area contributed by atoms with E-state index in [9.17, 15) is 0 Å². The summed E-state index contributed by atoms with van der Waals surface area (Å²) >= 11 is 5.04. The molecule has 1 aromatic carbocycles. The van der Waals surface area contributed by atoms with E-state index in [1.807, 2.05) is 25.5 Å². The SMILES string of the molecule is Cc1cn(Cc2nsc3ccc(Br)cc23)cn1.Cl. The van der Waals surface area contributed by atoms with Gasteiger partial charge in [0, 0.05) is 16.1 Å². The van der Waals surface area contributed by atoms with Crippen LogP contribution in [0.4, 0.5) is 0 Å². The molecule has 0 amide bonds. The van der Waals surface area contributed by atoms with Crippen LogP contribution >= 0.6 is 39.9 Å². The smallest absolute Gasteiger partial charge is 0.0952 e. The van der Waals surface area contributed by atoms with E-state index in [4.69, 9.17) is 0 Å². The van der Waals surface area contributed by atoms with Crippen molar-refractivity contribution in [2.45, 2.75) is 13.5 Å². The fourth-order valence-electron chi connectivity index (χ4n) is 1.81. The molecule has 94 valence electrons. The minimum absolute atomic E-state index is 0. The predicted octanol–water partition coefficient (Wildman–Crippen LogP) is 4.03. The Morgan fingerprint density at radius 1 is 1.39 bits per heavy atom. The molecular weight excluding hydrogens is 334 g/mol.